The first kappa shape index (κ1) is 10.7. The largest absolute Gasteiger partial charge is 0.299 e. The Morgan fingerprint density at radius 3 is 2.69 bits per heavy atom. The van der Waals surface area contributed by atoms with Gasteiger partial charge >= 0.3 is 0 Å². The van der Waals surface area contributed by atoms with Crippen molar-refractivity contribution in [1.82, 2.24) is 0 Å². The maximum absolute atomic E-state index is 11.6. The Balaban J connectivity index is 2.45. The Labute approximate surface area is 81.9 Å². The molecule has 0 saturated heterocycles. The van der Waals surface area contributed by atoms with Crippen LogP contribution in [0.3, 0.4) is 0 Å². The van der Waals surface area contributed by atoms with Crippen LogP contribution in [0.1, 0.15) is 52.9 Å². The third-order valence-corrected chi connectivity index (χ3v) is 3.21. The summed E-state index contributed by atoms with van der Waals surface area (Å²) in [4.78, 5) is 11.6. The van der Waals surface area contributed by atoms with Crippen molar-refractivity contribution in [3.05, 3.63) is 0 Å². The van der Waals surface area contributed by atoms with Gasteiger partial charge in [-0.15, -0.1) is 0 Å². The molecule has 1 aliphatic rings. The van der Waals surface area contributed by atoms with E-state index in [2.05, 4.69) is 20.8 Å². The van der Waals surface area contributed by atoms with Crippen LogP contribution in [0, 0.1) is 17.8 Å². The highest BCUT2D eigenvalue weighted by atomic mass is 16.1. The third-order valence-electron chi connectivity index (χ3n) is 3.21. The lowest BCUT2D eigenvalue weighted by Gasteiger charge is -2.28. The fourth-order valence-electron chi connectivity index (χ4n) is 2.37. The number of hydrogen-bond donors (Lipinski definition) is 0. The molecule has 0 N–H and O–H groups in total. The topological polar surface area (TPSA) is 17.1 Å². The van der Waals surface area contributed by atoms with Crippen molar-refractivity contribution in [2.75, 3.05) is 0 Å². The van der Waals surface area contributed by atoms with Gasteiger partial charge in [-0.25, -0.2) is 0 Å². The van der Waals surface area contributed by atoms with Crippen LogP contribution in [-0.4, -0.2) is 5.78 Å². The molecule has 0 aliphatic heterocycles. The van der Waals surface area contributed by atoms with Gasteiger partial charge in [0.25, 0.3) is 0 Å². The summed E-state index contributed by atoms with van der Waals surface area (Å²) in [6, 6.07) is 0. The van der Waals surface area contributed by atoms with Crippen molar-refractivity contribution in [2.45, 2.75) is 52.9 Å². The average Bonchev–Trinajstić information content (AvgIpc) is 2.08. The van der Waals surface area contributed by atoms with Crippen molar-refractivity contribution in [3.8, 4) is 0 Å². The van der Waals surface area contributed by atoms with Crippen molar-refractivity contribution < 1.29 is 4.79 Å². The summed E-state index contributed by atoms with van der Waals surface area (Å²) in [6.07, 6.45) is 5.50. The molecule has 2 atom stereocenters. The molecule has 0 aromatic carbocycles. The fraction of sp³-hybridized carbons (Fsp3) is 0.917. The standard InChI is InChI=1S/C12H22O/c1-4-10-5-6-12(13)11(8-10)7-9(2)3/h9-11H,4-8H2,1-3H3. The minimum atomic E-state index is 0.388. The molecule has 0 radical (unpaired) electrons. The van der Waals surface area contributed by atoms with Gasteiger partial charge in [0.15, 0.2) is 0 Å². The van der Waals surface area contributed by atoms with E-state index < -0.39 is 0 Å². The smallest absolute Gasteiger partial charge is 0.136 e. The molecule has 2 unspecified atom stereocenters. The highest BCUT2D eigenvalue weighted by Crippen LogP contribution is 2.32. The van der Waals surface area contributed by atoms with Crippen LogP contribution in [-0.2, 0) is 4.79 Å². The SMILES string of the molecule is CCC1CCC(=O)C(CC(C)C)C1. The van der Waals surface area contributed by atoms with E-state index in [1.807, 2.05) is 0 Å². The Hall–Kier alpha value is -0.330. The molecule has 1 heteroatoms. The van der Waals surface area contributed by atoms with Crippen LogP contribution in [0.15, 0.2) is 0 Å². The summed E-state index contributed by atoms with van der Waals surface area (Å²) >= 11 is 0. The molecule has 1 nitrogen and oxygen atoms in total. The number of carbonyl (C=O) groups is 1. The normalized spacial score (nSPS) is 29.7. The monoisotopic (exact) mass is 182 g/mol. The Morgan fingerprint density at radius 1 is 1.46 bits per heavy atom. The van der Waals surface area contributed by atoms with E-state index >= 15 is 0 Å². The van der Waals surface area contributed by atoms with Crippen LogP contribution in [0.25, 0.3) is 0 Å². The first-order valence-corrected chi connectivity index (χ1v) is 5.66. The molecule has 0 spiro atoms. The van der Waals surface area contributed by atoms with Crippen molar-refractivity contribution in [2.24, 2.45) is 17.8 Å². The Kier molecular flexibility index (Phi) is 3.95. The van der Waals surface area contributed by atoms with Gasteiger partial charge in [0.2, 0.25) is 0 Å². The average molecular weight is 182 g/mol. The summed E-state index contributed by atoms with van der Waals surface area (Å²) in [5.41, 5.74) is 0. The number of Topliss-reactive ketones (excluding diaryl/α,β-unsaturated/α-hetero) is 1. The van der Waals surface area contributed by atoms with Crippen molar-refractivity contribution >= 4 is 5.78 Å². The minimum absolute atomic E-state index is 0.388. The number of rotatable bonds is 3. The molecule has 1 aliphatic carbocycles. The van der Waals surface area contributed by atoms with Crippen LogP contribution >= 0.6 is 0 Å². The van der Waals surface area contributed by atoms with Crippen LogP contribution in [0.5, 0.6) is 0 Å². The number of ketones is 1. The number of hydrogen-bond acceptors (Lipinski definition) is 1. The van der Waals surface area contributed by atoms with E-state index in [9.17, 15) is 4.79 Å². The Morgan fingerprint density at radius 2 is 2.15 bits per heavy atom. The zero-order valence-electron chi connectivity index (χ0n) is 9.18. The molecule has 1 saturated carbocycles. The zero-order valence-corrected chi connectivity index (χ0v) is 9.18. The molecular formula is C12H22O. The molecular weight excluding hydrogens is 160 g/mol. The van der Waals surface area contributed by atoms with E-state index in [4.69, 9.17) is 0 Å². The lowest BCUT2D eigenvalue weighted by atomic mass is 9.76. The summed E-state index contributed by atoms with van der Waals surface area (Å²) < 4.78 is 0. The molecule has 76 valence electrons. The molecule has 1 rings (SSSR count). The third kappa shape index (κ3) is 3.13. The molecule has 0 aromatic heterocycles. The van der Waals surface area contributed by atoms with Gasteiger partial charge in [-0.3, -0.25) is 4.79 Å². The first-order chi connectivity index (χ1) is 6.13. The molecule has 1 fully saturated rings. The van der Waals surface area contributed by atoms with Gasteiger partial charge in [0.1, 0.15) is 5.78 Å². The summed E-state index contributed by atoms with van der Waals surface area (Å²) in [7, 11) is 0. The van der Waals surface area contributed by atoms with E-state index in [0.717, 1.165) is 31.6 Å². The lowest BCUT2D eigenvalue weighted by Crippen LogP contribution is -2.25. The highest BCUT2D eigenvalue weighted by molar-refractivity contribution is 5.81. The predicted molar refractivity (Wildman–Crippen MR) is 55.6 cm³/mol. The molecule has 0 aromatic rings. The second-order valence-electron chi connectivity index (χ2n) is 4.84. The van der Waals surface area contributed by atoms with Gasteiger partial charge in [-0.05, 0) is 31.1 Å². The maximum atomic E-state index is 11.6. The van der Waals surface area contributed by atoms with Crippen molar-refractivity contribution in [3.63, 3.8) is 0 Å². The summed E-state index contributed by atoms with van der Waals surface area (Å²) in [5.74, 6) is 2.41. The van der Waals surface area contributed by atoms with Crippen LogP contribution in [0.4, 0.5) is 0 Å². The number of carbonyl (C=O) groups excluding carboxylic acids is 1. The van der Waals surface area contributed by atoms with E-state index in [1.165, 1.54) is 6.42 Å². The van der Waals surface area contributed by atoms with Gasteiger partial charge < -0.3 is 0 Å². The highest BCUT2D eigenvalue weighted by Gasteiger charge is 2.27. The lowest BCUT2D eigenvalue weighted by molar-refractivity contribution is -0.126. The molecule has 0 heterocycles. The van der Waals surface area contributed by atoms with Crippen LogP contribution < -0.4 is 0 Å². The molecule has 0 amide bonds. The first-order valence-electron chi connectivity index (χ1n) is 5.66. The van der Waals surface area contributed by atoms with E-state index in [0.29, 0.717) is 17.6 Å². The van der Waals surface area contributed by atoms with Gasteiger partial charge in [-0.2, -0.15) is 0 Å². The minimum Gasteiger partial charge on any atom is -0.299 e. The Bertz CT molecular complexity index is 172. The zero-order chi connectivity index (χ0) is 9.84. The predicted octanol–water partition coefficient (Wildman–Crippen LogP) is 3.43. The summed E-state index contributed by atoms with van der Waals surface area (Å²) in [6.45, 7) is 6.67. The summed E-state index contributed by atoms with van der Waals surface area (Å²) in [5, 5.41) is 0. The maximum Gasteiger partial charge on any atom is 0.136 e. The van der Waals surface area contributed by atoms with Crippen molar-refractivity contribution in [1.29, 1.82) is 0 Å². The molecule has 0 bridgehead atoms. The second-order valence-corrected chi connectivity index (χ2v) is 4.84. The fourth-order valence-corrected chi connectivity index (χ4v) is 2.37. The van der Waals surface area contributed by atoms with Gasteiger partial charge in [-0.1, -0.05) is 27.2 Å². The van der Waals surface area contributed by atoms with E-state index in [1.54, 1.807) is 0 Å². The van der Waals surface area contributed by atoms with Gasteiger partial charge in [0.05, 0.1) is 0 Å². The van der Waals surface area contributed by atoms with E-state index in [-0.39, 0.29) is 0 Å². The second kappa shape index (κ2) is 4.78. The molecule has 13 heavy (non-hydrogen) atoms. The van der Waals surface area contributed by atoms with Gasteiger partial charge in [0, 0.05) is 12.3 Å². The van der Waals surface area contributed by atoms with Crippen LogP contribution in [0.2, 0.25) is 0 Å². The quantitative estimate of drug-likeness (QED) is 0.653.